The zero-order valence-electron chi connectivity index (χ0n) is 13.1. The normalized spacial score (nSPS) is 21.2. The summed E-state index contributed by atoms with van der Waals surface area (Å²) >= 11 is 0. The molecule has 0 radical (unpaired) electrons. The molecule has 0 amide bonds. The molecular weight excluding hydrogens is 248 g/mol. The number of nitrogens with zero attached hydrogens (tertiary/aromatic N) is 1. The molecular formula is C17H28N2O. The highest BCUT2D eigenvalue weighted by atomic mass is 16.5. The van der Waals surface area contributed by atoms with Gasteiger partial charge in [-0.3, -0.25) is 4.98 Å². The molecule has 1 N–H and O–H groups in total. The number of hydrogen-bond acceptors (Lipinski definition) is 3. The SMILES string of the molecule is CCNC(CCC(C)OC)C1CCCc2cccnc21. The minimum Gasteiger partial charge on any atom is -0.382 e. The van der Waals surface area contributed by atoms with E-state index in [4.69, 9.17) is 4.74 Å². The lowest BCUT2D eigenvalue weighted by atomic mass is 9.80. The van der Waals surface area contributed by atoms with Crippen molar-refractivity contribution in [2.75, 3.05) is 13.7 Å². The van der Waals surface area contributed by atoms with Crippen LogP contribution in [0.1, 0.15) is 56.7 Å². The maximum absolute atomic E-state index is 5.39. The fraction of sp³-hybridized carbons (Fsp3) is 0.706. The van der Waals surface area contributed by atoms with Gasteiger partial charge in [-0.2, -0.15) is 0 Å². The molecule has 0 bridgehead atoms. The number of ether oxygens (including phenoxy) is 1. The van der Waals surface area contributed by atoms with E-state index in [1.165, 1.54) is 30.5 Å². The standard InChI is InChI=1S/C17H28N2O/c1-4-18-16(11-10-13(2)20-3)15-9-5-7-14-8-6-12-19-17(14)15/h6,8,12-13,15-16,18H,4-5,7,9-11H2,1-3H3. The highest BCUT2D eigenvalue weighted by molar-refractivity contribution is 5.27. The minimum atomic E-state index is 0.336. The van der Waals surface area contributed by atoms with E-state index in [0.717, 1.165) is 19.4 Å². The van der Waals surface area contributed by atoms with E-state index < -0.39 is 0 Å². The minimum absolute atomic E-state index is 0.336. The highest BCUT2D eigenvalue weighted by Crippen LogP contribution is 2.34. The summed E-state index contributed by atoms with van der Waals surface area (Å²) in [7, 11) is 1.80. The van der Waals surface area contributed by atoms with Crippen molar-refractivity contribution in [1.29, 1.82) is 0 Å². The van der Waals surface area contributed by atoms with Gasteiger partial charge in [0.15, 0.2) is 0 Å². The zero-order valence-corrected chi connectivity index (χ0v) is 13.1. The molecule has 2 rings (SSSR count). The van der Waals surface area contributed by atoms with Crippen LogP contribution in [0.25, 0.3) is 0 Å². The third-order valence-electron chi connectivity index (χ3n) is 4.48. The molecule has 1 aromatic heterocycles. The average molecular weight is 276 g/mol. The predicted octanol–water partition coefficient (Wildman–Crippen LogP) is 3.29. The quantitative estimate of drug-likeness (QED) is 0.829. The van der Waals surface area contributed by atoms with E-state index >= 15 is 0 Å². The van der Waals surface area contributed by atoms with Crippen molar-refractivity contribution < 1.29 is 4.74 Å². The van der Waals surface area contributed by atoms with Gasteiger partial charge in [-0.25, -0.2) is 0 Å². The predicted molar refractivity (Wildman–Crippen MR) is 83.1 cm³/mol. The first-order valence-corrected chi connectivity index (χ1v) is 7.96. The number of rotatable bonds is 7. The molecule has 1 aromatic rings. The summed E-state index contributed by atoms with van der Waals surface area (Å²) in [5, 5.41) is 3.68. The van der Waals surface area contributed by atoms with Crippen molar-refractivity contribution in [2.24, 2.45) is 0 Å². The number of fused-ring (bicyclic) bond motifs is 1. The van der Waals surface area contributed by atoms with Gasteiger partial charge >= 0.3 is 0 Å². The van der Waals surface area contributed by atoms with E-state index in [0.29, 0.717) is 18.1 Å². The smallest absolute Gasteiger partial charge is 0.0543 e. The molecule has 1 aliphatic rings. The Kier molecular flexibility index (Phi) is 5.99. The Bertz CT molecular complexity index is 408. The molecule has 0 saturated heterocycles. The third kappa shape index (κ3) is 3.80. The van der Waals surface area contributed by atoms with Gasteiger partial charge in [0.2, 0.25) is 0 Å². The molecule has 3 heteroatoms. The van der Waals surface area contributed by atoms with Gasteiger partial charge in [0, 0.05) is 31.0 Å². The zero-order chi connectivity index (χ0) is 14.4. The number of pyridine rings is 1. The van der Waals surface area contributed by atoms with Crippen LogP contribution in [0, 0.1) is 0 Å². The van der Waals surface area contributed by atoms with Crippen LogP contribution in [-0.4, -0.2) is 30.8 Å². The van der Waals surface area contributed by atoms with Gasteiger partial charge in [-0.1, -0.05) is 13.0 Å². The Labute approximate surface area is 123 Å². The summed E-state index contributed by atoms with van der Waals surface area (Å²) in [5.74, 6) is 0.559. The Hall–Kier alpha value is -0.930. The van der Waals surface area contributed by atoms with Crippen LogP contribution in [0.15, 0.2) is 18.3 Å². The van der Waals surface area contributed by atoms with Crippen LogP contribution < -0.4 is 5.32 Å². The maximum Gasteiger partial charge on any atom is 0.0543 e. The Morgan fingerprint density at radius 3 is 3.05 bits per heavy atom. The number of aryl methyl sites for hydroxylation is 1. The molecule has 0 aromatic carbocycles. The number of likely N-dealkylation sites (N-methyl/N-ethyl adjacent to an activating group) is 1. The second kappa shape index (κ2) is 7.75. The van der Waals surface area contributed by atoms with E-state index in [9.17, 15) is 0 Å². The molecule has 0 spiro atoms. The highest BCUT2D eigenvalue weighted by Gasteiger charge is 2.28. The second-order valence-corrected chi connectivity index (χ2v) is 5.83. The largest absolute Gasteiger partial charge is 0.382 e. The van der Waals surface area contributed by atoms with Crippen molar-refractivity contribution in [3.8, 4) is 0 Å². The van der Waals surface area contributed by atoms with Gasteiger partial charge in [0.05, 0.1) is 6.10 Å². The van der Waals surface area contributed by atoms with E-state index in [1.54, 1.807) is 7.11 Å². The molecule has 3 nitrogen and oxygen atoms in total. The van der Waals surface area contributed by atoms with Crippen LogP contribution in [0.4, 0.5) is 0 Å². The van der Waals surface area contributed by atoms with E-state index in [1.807, 2.05) is 6.20 Å². The maximum atomic E-state index is 5.39. The fourth-order valence-corrected chi connectivity index (χ4v) is 3.28. The van der Waals surface area contributed by atoms with E-state index in [2.05, 4.69) is 36.3 Å². The summed E-state index contributed by atoms with van der Waals surface area (Å²) in [6.07, 6.45) is 8.26. The monoisotopic (exact) mass is 276 g/mol. The molecule has 20 heavy (non-hydrogen) atoms. The second-order valence-electron chi connectivity index (χ2n) is 5.83. The van der Waals surface area contributed by atoms with Crippen LogP contribution in [0.2, 0.25) is 0 Å². The Morgan fingerprint density at radius 1 is 1.45 bits per heavy atom. The number of methoxy groups -OCH3 is 1. The summed E-state index contributed by atoms with van der Waals surface area (Å²) < 4.78 is 5.39. The summed E-state index contributed by atoms with van der Waals surface area (Å²) in [4.78, 5) is 4.68. The first-order chi connectivity index (χ1) is 9.76. The van der Waals surface area contributed by atoms with Gasteiger partial charge in [-0.15, -0.1) is 0 Å². The molecule has 3 unspecified atom stereocenters. The van der Waals surface area contributed by atoms with Crippen LogP contribution in [-0.2, 0) is 11.2 Å². The number of nitrogens with one attached hydrogen (secondary N) is 1. The Morgan fingerprint density at radius 2 is 2.30 bits per heavy atom. The van der Waals surface area contributed by atoms with Crippen LogP contribution in [0.5, 0.6) is 0 Å². The van der Waals surface area contributed by atoms with Crippen LogP contribution in [0.3, 0.4) is 0 Å². The molecule has 1 heterocycles. The lowest BCUT2D eigenvalue weighted by molar-refractivity contribution is 0.104. The van der Waals surface area contributed by atoms with Gasteiger partial charge in [0.1, 0.15) is 0 Å². The fourth-order valence-electron chi connectivity index (χ4n) is 3.28. The average Bonchev–Trinajstić information content (AvgIpc) is 2.50. The number of hydrogen-bond donors (Lipinski definition) is 1. The molecule has 112 valence electrons. The molecule has 0 saturated carbocycles. The molecule has 0 aliphatic heterocycles. The van der Waals surface area contributed by atoms with Crippen molar-refractivity contribution in [3.63, 3.8) is 0 Å². The summed E-state index contributed by atoms with van der Waals surface area (Å²) in [6.45, 7) is 5.36. The molecule has 0 fully saturated rings. The van der Waals surface area contributed by atoms with E-state index in [-0.39, 0.29) is 0 Å². The third-order valence-corrected chi connectivity index (χ3v) is 4.48. The topological polar surface area (TPSA) is 34.1 Å². The van der Waals surface area contributed by atoms with Crippen molar-refractivity contribution in [3.05, 3.63) is 29.6 Å². The Balaban J connectivity index is 2.09. The first-order valence-electron chi connectivity index (χ1n) is 7.96. The van der Waals surface area contributed by atoms with Gasteiger partial charge in [-0.05, 0) is 57.2 Å². The lowest BCUT2D eigenvalue weighted by Gasteiger charge is -2.32. The summed E-state index contributed by atoms with van der Waals surface area (Å²) in [5.41, 5.74) is 2.78. The van der Waals surface area contributed by atoms with Crippen LogP contribution >= 0.6 is 0 Å². The van der Waals surface area contributed by atoms with Crippen molar-refractivity contribution in [1.82, 2.24) is 10.3 Å². The van der Waals surface area contributed by atoms with Gasteiger partial charge in [0.25, 0.3) is 0 Å². The number of aromatic nitrogens is 1. The van der Waals surface area contributed by atoms with Gasteiger partial charge < -0.3 is 10.1 Å². The molecule has 3 atom stereocenters. The lowest BCUT2D eigenvalue weighted by Crippen LogP contribution is -2.37. The summed E-state index contributed by atoms with van der Waals surface area (Å²) in [6, 6.07) is 4.83. The van der Waals surface area contributed by atoms with Crippen molar-refractivity contribution in [2.45, 2.75) is 64.0 Å². The van der Waals surface area contributed by atoms with Crippen molar-refractivity contribution >= 4 is 0 Å². The first kappa shape index (κ1) is 15.5. The molecule has 1 aliphatic carbocycles.